The Kier molecular flexibility index (Phi) is 7.31. The van der Waals surface area contributed by atoms with E-state index >= 15 is 0 Å². The van der Waals surface area contributed by atoms with Crippen LogP contribution in [0.25, 0.3) is 0 Å². The summed E-state index contributed by atoms with van der Waals surface area (Å²) in [6, 6.07) is 13.1. The van der Waals surface area contributed by atoms with Gasteiger partial charge in [0.1, 0.15) is 0 Å². The Morgan fingerprint density at radius 2 is 1.65 bits per heavy atom. The Hall–Kier alpha value is -1.80. The van der Waals surface area contributed by atoms with E-state index in [9.17, 15) is 0 Å². The lowest BCUT2D eigenvalue weighted by Crippen LogP contribution is -2.14. The molecule has 0 heterocycles. The molecule has 0 radical (unpaired) electrons. The van der Waals surface area contributed by atoms with Crippen LogP contribution in [0.5, 0.6) is 0 Å². The molecule has 0 aliphatic carbocycles. The van der Waals surface area contributed by atoms with Crippen molar-refractivity contribution < 1.29 is 0 Å². The zero-order valence-corrected chi connectivity index (χ0v) is 15.6. The van der Waals surface area contributed by atoms with Gasteiger partial charge in [-0.3, -0.25) is 0 Å². The summed E-state index contributed by atoms with van der Waals surface area (Å²) in [7, 11) is 2.04. The second-order valence-electron chi connectivity index (χ2n) is 5.99. The van der Waals surface area contributed by atoms with Gasteiger partial charge in [-0.2, -0.15) is 0 Å². The van der Waals surface area contributed by atoms with Crippen LogP contribution in [-0.4, -0.2) is 24.8 Å². The highest BCUT2D eigenvalue weighted by Gasteiger charge is 2.06. The molecule has 23 heavy (non-hydrogen) atoms. The van der Waals surface area contributed by atoms with Crippen LogP contribution in [-0.2, 0) is 6.42 Å². The highest BCUT2D eigenvalue weighted by molar-refractivity contribution is 5.85. The van der Waals surface area contributed by atoms with Crippen molar-refractivity contribution in [1.29, 1.82) is 0 Å². The van der Waals surface area contributed by atoms with Gasteiger partial charge in [0.25, 0.3) is 0 Å². The van der Waals surface area contributed by atoms with Crippen molar-refractivity contribution in [2.24, 2.45) is 4.99 Å². The SMILES string of the molecule is CCN(C)/C=N\c1cc(C)c(Cc2ccccc2C)cc1C.Cl. The highest BCUT2D eigenvalue weighted by Crippen LogP contribution is 2.25. The quantitative estimate of drug-likeness (QED) is 0.541. The average molecular weight is 331 g/mol. The number of rotatable bonds is 5. The second kappa shape index (κ2) is 8.73. The predicted molar refractivity (Wildman–Crippen MR) is 104 cm³/mol. The smallest absolute Gasteiger partial charge is 0.0909 e. The van der Waals surface area contributed by atoms with E-state index in [0.29, 0.717) is 0 Å². The minimum Gasteiger partial charge on any atom is -0.366 e. The van der Waals surface area contributed by atoms with Gasteiger partial charge in [-0.15, -0.1) is 12.4 Å². The van der Waals surface area contributed by atoms with Crippen LogP contribution in [0.15, 0.2) is 41.4 Å². The summed E-state index contributed by atoms with van der Waals surface area (Å²) < 4.78 is 0. The first-order valence-corrected chi connectivity index (χ1v) is 7.90. The molecule has 2 aromatic rings. The third-order valence-electron chi connectivity index (χ3n) is 4.19. The van der Waals surface area contributed by atoms with Gasteiger partial charge in [0.15, 0.2) is 0 Å². The average Bonchev–Trinajstić information content (AvgIpc) is 2.51. The van der Waals surface area contributed by atoms with E-state index in [2.05, 4.69) is 74.0 Å². The molecule has 0 N–H and O–H groups in total. The maximum Gasteiger partial charge on any atom is 0.0909 e. The summed E-state index contributed by atoms with van der Waals surface area (Å²) in [6.45, 7) is 9.58. The first-order chi connectivity index (χ1) is 10.5. The first-order valence-electron chi connectivity index (χ1n) is 7.90. The molecule has 2 aromatic carbocycles. The topological polar surface area (TPSA) is 15.6 Å². The molecule has 0 aliphatic heterocycles. The van der Waals surface area contributed by atoms with Crippen LogP contribution in [0.3, 0.4) is 0 Å². The Morgan fingerprint density at radius 1 is 0.957 bits per heavy atom. The summed E-state index contributed by atoms with van der Waals surface area (Å²) in [5.41, 5.74) is 7.73. The summed E-state index contributed by atoms with van der Waals surface area (Å²) in [5, 5.41) is 0. The van der Waals surface area contributed by atoms with Crippen molar-refractivity contribution in [2.45, 2.75) is 34.1 Å². The van der Waals surface area contributed by atoms with E-state index in [1.807, 2.05) is 13.4 Å². The molecule has 0 aliphatic rings. The molecule has 2 nitrogen and oxygen atoms in total. The van der Waals surface area contributed by atoms with Crippen LogP contribution >= 0.6 is 12.4 Å². The van der Waals surface area contributed by atoms with Crippen LogP contribution < -0.4 is 0 Å². The minimum atomic E-state index is 0. The van der Waals surface area contributed by atoms with E-state index in [-0.39, 0.29) is 12.4 Å². The Balaban J connectivity index is 0.00000264. The van der Waals surface area contributed by atoms with E-state index in [4.69, 9.17) is 0 Å². The third-order valence-corrected chi connectivity index (χ3v) is 4.19. The monoisotopic (exact) mass is 330 g/mol. The van der Waals surface area contributed by atoms with Crippen molar-refractivity contribution in [1.82, 2.24) is 4.90 Å². The molecule has 3 heteroatoms. The second-order valence-corrected chi connectivity index (χ2v) is 5.99. The van der Waals surface area contributed by atoms with Crippen molar-refractivity contribution in [2.75, 3.05) is 13.6 Å². The van der Waals surface area contributed by atoms with Crippen LogP contribution in [0.1, 0.15) is 34.7 Å². The molecule has 0 amide bonds. The number of halogens is 1. The van der Waals surface area contributed by atoms with Gasteiger partial charge in [0.05, 0.1) is 12.0 Å². The van der Waals surface area contributed by atoms with Gasteiger partial charge >= 0.3 is 0 Å². The van der Waals surface area contributed by atoms with Crippen molar-refractivity contribution in [3.05, 3.63) is 64.2 Å². The Morgan fingerprint density at radius 3 is 2.30 bits per heavy atom. The molecule has 0 unspecified atom stereocenters. The van der Waals surface area contributed by atoms with Gasteiger partial charge < -0.3 is 4.90 Å². The largest absolute Gasteiger partial charge is 0.366 e. The molecular formula is C20H27ClN2. The molecule has 0 bridgehead atoms. The zero-order chi connectivity index (χ0) is 16.1. The summed E-state index contributed by atoms with van der Waals surface area (Å²) >= 11 is 0. The van der Waals surface area contributed by atoms with Crippen molar-refractivity contribution in [3.8, 4) is 0 Å². The number of aliphatic imine (C=N–C) groups is 1. The number of benzene rings is 2. The van der Waals surface area contributed by atoms with Crippen LogP contribution in [0.4, 0.5) is 5.69 Å². The van der Waals surface area contributed by atoms with E-state index in [1.165, 1.54) is 27.8 Å². The van der Waals surface area contributed by atoms with Crippen molar-refractivity contribution in [3.63, 3.8) is 0 Å². The van der Waals surface area contributed by atoms with E-state index in [1.54, 1.807) is 0 Å². The lowest BCUT2D eigenvalue weighted by molar-refractivity contribution is 0.552. The predicted octanol–water partition coefficient (Wildman–Crippen LogP) is 5.24. The normalized spacial score (nSPS) is 10.7. The number of hydrogen-bond acceptors (Lipinski definition) is 1. The molecule has 0 spiro atoms. The van der Waals surface area contributed by atoms with Crippen LogP contribution in [0.2, 0.25) is 0 Å². The first kappa shape index (κ1) is 19.2. The summed E-state index contributed by atoms with van der Waals surface area (Å²) in [5.74, 6) is 0. The molecule has 0 aromatic heterocycles. The molecule has 124 valence electrons. The van der Waals surface area contributed by atoms with Crippen LogP contribution in [0, 0.1) is 20.8 Å². The van der Waals surface area contributed by atoms with Gasteiger partial charge in [0.2, 0.25) is 0 Å². The molecule has 0 saturated heterocycles. The van der Waals surface area contributed by atoms with E-state index < -0.39 is 0 Å². The standard InChI is InChI=1S/C20H26N2.ClH/c1-6-22(5)14-21-20-12-16(3)19(11-17(20)4)13-18-10-8-7-9-15(18)2;/h7-12,14H,6,13H2,1-5H3;1H/b21-14-;. The zero-order valence-electron chi connectivity index (χ0n) is 14.8. The van der Waals surface area contributed by atoms with Gasteiger partial charge in [-0.05, 0) is 68.0 Å². The fourth-order valence-corrected chi connectivity index (χ4v) is 2.45. The number of hydrogen-bond donors (Lipinski definition) is 0. The van der Waals surface area contributed by atoms with Gasteiger partial charge in [-0.25, -0.2) is 4.99 Å². The Bertz CT molecular complexity index is 677. The van der Waals surface area contributed by atoms with E-state index in [0.717, 1.165) is 18.7 Å². The van der Waals surface area contributed by atoms with Gasteiger partial charge in [0, 0.05) is 13.6 Å². The van der Waals surface area contributed by atoms with Gasteiger partial charge in [-0.1, -0.05) is 30.3 Å². The molecular weight excluding hydrogens is 304 g/mol. The lowest BCUT2D eigenvalue weighted by atomic mass is 9.95. The maximum absolute atomic E-state index is 4.60. The summed E-state index contributed by atoms with van der Waals surface area (Å²) in [6.07, 6.45) is 2.89. The molecule has 2 rings (SSSR count). The summed E-state index contributed by atoms with van der Waals surface area (Å²) in [4.78, 5) is 6.68. The number of aryl methyl sites for hydroxylation is 3. The fraction of sp³-hybridized carbons (Fsp3) is 0.350. The lowest BCUT2D eigenvalue weighted by Gasteiger charge is -2.13. The maximum atomic E-state index is 4.60. The minimum absolute atomic E-state index is 0. The molecule has 0 fully saturated rings. The molecule has 0 saturated carbocycles. The third kappa shape index (κ3) is 5.11. The fourth-order valence-electron chi connectivity index (χ4n) is 2.45. The molecule has 0 atom stereocenters. The number of nitrogens with zero attached hydrogens (tertiary/aromatic N) is 2. The van der Waals surface area contributed by atoms with Crippen molar-refractivity contribution >= 4 is 24.4 Å². The Labute approximate surface area is 146 Å². The highest BCUT2D eigenvalue weighted by atomic mass is 35.5.